The Morgan fingerprint density at radius 1 is 0.636 bits per heavy atom. The molecule has 3 aromatic heterocycles. The number of nitrogens with zero attached hydrogens (tertiary/aromatic N) is 2. The summed E-state index contributed by atoms with van der Waals surface area (Å²) in [7, 11) is 0. The van der Waals surface area contributed by atoms with E-state index in [2.05, 4.69) is 125 Å². The number of rotatable bonds is 3. The van der Waals surface area contributed by atoms with Crippen molar-refractivity contribution in [2.75, 3.05) is 0 Å². The molecule has 2 aliphatic heterocycles. The molecule has 0 radical (unpaired) electrons. The second kappa shape index (κ2) is 8.03. The molecule has 6 aromatic carbocycles. The largest absolute Gasteiger partial charge is 0.454 e. The van der Waals surface area contributed by atoms with E-state index in [0.29, 0.717) is 0 Å². The lowest BCUT2D eigenvalue weighted by atomic mass is 9.45. The maximum absolute atomic E-state index is 6.88. The summed E-state index contributed by atoms with van der Waals surface area (Å²) in [5.41, 5.74) is 15.0. The fourth-order valence-electron chi connectivity index (χ4n) is 8.67. The average Bonchev–Trinajstić information content (AvgIpc) is 3.72. The molecular weight excluding hydrogens is 535 g/mol. The summed E-state index contributed by atoms with van der Waals surface area (Å²) in [6, 6.07) is 40.8. The quantitative estimate of drug-likeness (QED) is 0.197. The van der Waals surface area contributed by atoms with E-state index >= 15 is 0 Å². The third kappa shape index (κ3) is 2.63. The lowest BCUT2D eigenvalue weighted by Gasteiger charge is -2.34. The molecule has 9 aromatic rings. The molecule has 0 saturated heterocycles. The van der Waals surface area contributed by atoms with E-state index in [1.165, 1.54) is 101 Å². The predicted octanol–water partition coefficient (Wildman–Crippen LogP) is 9.08. The van der Waals surface area contributed by atoms with Gasteiger partial charge in [0, 0.05) is 48.9 Å². The van der Waals surface area contributed by atoms with Crippen LogP contribution < -0.4 is 10.9 Å². The Morgan fingerprint density at radius 3 is 2.32 bits per heavy atom. The fourth-order valence-corrected chi connectivity index (χ4v) is 8.67. The number of aryl methyl sites for hydroxylation is 1. The topological polar surface area (TPSA) is 23.0 Å². The van der Waals surface area contributed by atoms with Crippen LogP contribution in [-0.4, -0.2) is 15.9 Å². The van der Waals surface area contributed by atoms with Crippen molar-refractivity contribution in [3.63, 3.8) is 0 Å². The summed E-state index contributed by atoms with van der Waals surface area (Å²) in [6.45, 7) is 2.31. The van der Waals surface area contributed by atoms with Crippen molar-refractivity contribution in [1.29, 1.82) is 0 Å². The zero-order valence-corrected chi connectivity index (χ0v) is 24.4. The Kier molecular flexibility index (Phi) is 4.25. The summed E-state index contributed by atoms with van der Waals surface area (Å²) < 4.78 is 12.1. The lowest BCUT2D eigenvalue weighted by Crippen LogP contribution is -2.55. The van der Waals surface area contributed by atoms with Crippen LogP contribution in [-0.2, 0) is 6.42 Å². The first kappa shape index (κ1) is 23.3. The number of benzene rings is 6. The highest BCUT2D eigenvalue weighted by Crippen LogP contribution is 2.46. The van der Waals surface area contributed by atoms with Crippen molar-refractivity contribution in [3.05, 3.63) is 115 Å². The maximum Gasteiger partial charge on any atom is 0.333 e. The van der Waals surface area contributed by atoms with E-state index in [9.17, 15) is 0 Å². The molecule has 0 bridgehead atoms. The normalized spacial score (nSPS) is 13.3. The highest BCUT2D eigenvalue weighted by molar-refractivity contribution is 6.90. The second-order valence-electron chi connectivity index (χ2n) is 12.7. The third-order valence-corrected chi connectivity index (χ3v) is 10.5. The number of aromatic nitrogens is 2. The highest BCUT2D eigenvalue weighted by Gasteiger charge is 2.42. The Bertz CT molecular complexity index is 2720. The van der Waals surface area contributed by atoms with Crippen molar-refractivity contribution in [1.82, 2.24) is 9.05 Å². The standard InChI is InChI=1S/C40H27BN2O/c1-2-3-10-23-19-20-25-28-15-9-16-32-38(28)42(34(25)21-23)39-36-30(22-31-26-12-5-7-18-35(26)44-40(31)39)29-14-8-13-27-24-11-4-6-17-33(24)43(37(27)29)41(32)36/h4-9,11-22H,2-3,10H2,1H3. The molecule has 0 amide bonds. The van der Waals surface area contributed by atoms with Gasteiger partial charge in [0.15, 0.2) is 5.58 Å². The van der Waals surface area contributed by atoms with Crippen LogP contribution in [0.1, 0.15) is 25.3 Å². The van der Waals surface area contributed by atoms with Crippen molar-refractivity contribution in [3.8, 4) is 16.8 Å². The van der Waals surface area contributed by atoms with Gasteiger partial charge < -0.3 is 13.5 Å². The molecule has 0 atom stereocenters. The number of hydrogen-bond donors (Lipinski definition) is 0. The average molecular weight is 562 g/mol. The summed E-state index contributed by atoms with van der Waals surface area (Å²) in [6.07, 6.45) is 3.48. The van der Waals surface area contributed by atoms with Gasteiger partial charge in [0.1, 0.15) is 5.58 Å². The molecule has 0 spiro atoms. The van der Waals surface area contributed by atoms with Gasteiger partial charge in [-0.3, -0.25) is 0 Å². The van der Waals surface area contributed by atoms with Gasteiger partial charge in [-0.2, -0.15) is 0 Å². The molecule has 11 rings (SSSR count). The zero-order valence-electron chi connectivity index (χ0n) is 24.4. The summed E-state index contributed by atoms with van der Waals surface area (Å²) in [4.78, 5) is 0. The van der Waals surface area contributed by atoms with E-state index in [-0.39, 0.29) is 6.85 Å². The van der Waals surface area contributed by atoms with Crippen LogP contribution in [0.25, 0.3) is 82.4 Å². The Balaban J connectivity index is 1.42. The fraction of sp³-hybridized carbons (Fsp3) is 0.100. The molecule has 0 N–H and O–H groups in total. The molecule has 4 heteroatoms. The molecule has 2 aliphatic rings. The number of unbranched alkanes of at least 4 members (excludes halogenated alkanes) is 1. The lowest BCUT2D eigenvalue weighted by molar-refractivity contribution is 0.667. The molecule has 3 nitrogen and oxygen atoms in total. The molecule has 0 fully saturated rings. The molecule has 0 aliphatic carbocycles. The first-order valence-electron chi connectivity index (χ1n) is 15.9. The Hall–Kier alpha value is -5.22. The van der Waals surface area contributed by atoms with E-state index in [0.717, 1.165) is 17.6 Å². The number of hydrogen-bond acceptors (Lipinski definition) is 1. The van der Waals surface area contributed by atoms with Crippen LogP contribution in [0.4, 0.5) is 0 Å². The minimum atomic E-state index is 0.0370. The number of furan rings is 1. The van der Waals surface area contributed by atoms with Crippen molar-refractivity contribution in [2.24, 2.45) is 0 Å². The second-order valence-corrected chi connectivity index (χ2v) is 12.7. The van der Waals surface area contributed by atoms with Gasteiger partial charge in [0.25, 0.3) is 0 Å². The number of fused-ring (bicyclic) bond motifs is 14. The zero-order chi connectivity index (χ0) is 28.7. The first-order chi connectivity index (χ1) is 21.8. The highest BCUT2D eigenvalue weighted by atomic mass is 16.3. The van der Waals surface area contributed by atoms with Gasteiger partial charge >= 0.3 is 6.85 Å². The van der Waals surface area contributed by atoms with E-state index in [1.807, 2.05) is 0 Å². The van der Waals surface area contributed by atoms with Gasteiger partial charge in [-0.1, -0.05) is 98.3 Å². The van der Waals surface area contributed by atoms with Crippen LogP contribution in [0.5, 0.6) is 0 Å². The minimum absolute atomic E-state index is 0.0370. The minimum Gasteiger partial charge on any atom is -0.454 e. The molecule has 206 valence electrons. The summed E-state index contributed by atoms with van der Waals surface area (Å²) in [5.74, 6) is 0. The van der Waals surface area contributed by atoms with Crippen LogP contribution in [0.2, 0.25) is 0 Å². The molecule has 0 saturated carbocycles. The van der Waals surface area contributed by atoms with Crippen molar-refractivity contribution < 1.29 is 4.42 Å². The smallest absolute Gasteiger partial charge is 0.333 e. The first-order valence-corrected chi connectivity index (χ1v) is 15.9. The van der Waals surface area contributed by atoms with Crippen molar-refractivity contribution in [2.45, 2.75) is 26.2 Å². The van der Waals surface area contributed by atoms with Gasteiger partial charge in [-0.15, -0.1) is 0 Å². The van der Waals surface area contributed by atoms with Gasteiger partial charge in [-0.25, -0.2) is 0 Å². The van der Waals surface area contributed by atoms with Crippen molar-refractivity contribution >= 4 is 83.3 Å². The van der Waals surface area contributed by atoms with Gasteiger partial charge in [0.05, 0.1) is 16.7 Å². The molecular formula is C40H27BN2O. The number of para-hydroxylation sites is 4. The predicted molar refractivity (Wildman–Crippen MR) is 186 cm³/mol. The molecule has 0 unspecified atom stereocenters. The van der Waals surface area contributed by atoms with Crippen LogP contribution in [0.3, 0.4) is 0 Å². The summed E-state index contributed by atoms with van der Waals surface area (Å²) >= 11 is 0. The van der Waals surface area contributed by atoms with Crippen LogP contribution >= 0.6 is 0 Å². The van der Waals surface area contributed by atoms with E-state index < -0.39 is 0 Å². The third-order valence-electron chi connectivity index (χ3n) is 10.5. The summed E-state index contributed by atoms with van der Waals surface area (Å²) in [5, 5.41) is 7.61. The van der Waals surface area contributed by atoms with Crippen LogP contribution in [0, 0.1) is 0 Å². The maximum atomic E-state index is 6.88. The van der Waals surface area contributed by atoms with Crippen LogP contribution in [0.15, 0.2) is 114 Å². The Labute approximate surface area is 254 Å². The van der Waals surface area contributed by atoms with E-state index in [4.69, 9.17) is 4.42 Å². The molecule has 44 heavy (non-hydrogen) atoms. The van der Waals surface area contributed by atoms with E-state index in [1.54, 1.807) is 0 Å². The van der Waals surface area contributed by atoms with Gasteiger partial charge in [0.2, 0.25) is 0 Å². The van der Waals surface area contributed by atoms with Gasteiger partial charge in [-0.05, 0) is 59.2 Å². The SMILES string of the molecule is CCCCc1ccc2c3cccc4c3n(c2c1)-c1c2c(cc3c1oc1ccccc13)-c1cccc3c5ccccc5n(c13)B24. The Morgan fingerprint density at radius 2 is 1.41 bits per heavy atom. The molecule has 5 heterocycles. The monoisotopic (exact) mass is 562 g/mol.